The van der Waals surface area contributed by atoms with Crippen LogP contribution in [-0.4, -0.2) is 58.5 Å². The molecule has 0 radical (unpaired) electrons. The van der Waals surface area contributed by atoms with E-state index in [2.05, 4.69) is 20.3 Å². The third-order valence-electron chi connectivity index (χ3n) is 5.13. The molecule has 0 unspecified atom stereocenters. The highest BCUT2D eigenvalue weighted by Crippen LogP contribution is 2.38. The number of piperidine rings is 1. The summed E-state index contributed by atoms with van der Waals surface area (Å²) >= 11 is 2.34. The Morgan fingerprint density at radius 1 is 1.21 bits per heavy atom. The van der Waals surface area contributed by atoms with Gasteiger partial charge in [-0.15, -0.1) is 11.3 Å². The van der Waals surface area contributed by atoms with E-state index >= 15 is 0 Å². The number of aromatic nitrogens is 3. The molecule has 178 valence electrons. The Morgan fingerprint density at radius 2 is 1.97 bits per heavy atom. The van der Waals surface area contributed by atoms with Gasteiger partial charge in [-0.25, -0.2) is 23.4 Å². The highest BCUT2D eigenvalue weighted by Gasteiger charge is 2.36. The third-order valence-corrected chi connectivity index (χ3v) is 8.92. The number of aliphatic hydroxyl groups is 1. The highest BCUT2D eigenvalue weighted by molar-refractivity contribution is 7.89. The van der Waals surface area contributed by atoms with Crippen LogP contribution in [0.15, 0.2) is 34.1 Å². The number of aliphatic hydroxyl groups excluding tert-OH is 1. The predicted molar refractivity (Wildman–Crippen MR) is 119 cm³/mol. The number of halogens is 3. The molecule has 0 bridgehead atoms. The first-order valence-electron chi connectivity index (χ1n) is 9.97. The molecule has 0 atom stereocenters. The number of nitrogens with one attached hydrogen (secondary N) is 1. The highest BCUT2D eigenvalue weighted by atomic mass is 32.2. The number of thiophene rings is 1. The summed E-state index contributed by atoms with van der Waals surface area (Å²) < 4.78 is 67.3. The Labute approximate surface area is 196 Å². The second kappa shape index (κ2) is 9.62. The Kier molecular flexibility index (Phi) is 7.00. The van der Waals surface area contributed by atoms with Gasteiger partial charge >= 0.3 is 6.18 Å². The van der Waals surface area contributed by atoms with E-state index in [9.17, 15) is 21.6 Å². The van der Waals surface area contributed by atoms with E-state index < -0.39 is 21.8 Å². The fourth-order valence-electron chi connectivity index (χ4n) is 3.45. The first kappa shape index (κ1) is 24.0. The molecule has 0 aromatic carbocycles. The molecule has 2 N–H and O–H groups in total. The van der Waals surface area contributed by atoms with Crippen molar-refractivity contribution in [3.05, 3.63) is 39.8 Å². The normalized spacial score (nSPS) is 16.2. The number of sulfonamides is 1. The summed E-state index contributed by atoms with van der Waals surface area (Å²) in [6.45, 7) is 0.405. The van der Waals surface area contributed by atoms with Gasteiger partial charge in [-0.05, 0) is 24.3 Å². The summed E-state index contributed by atoms with van der Waals surface area (Å²) in [6, 6.07) is 1.38. The molecule has 1 fully saturated rings. The van der Waals surface area contributed by atoms with Crippen molar-refractivity contribution < 1.29 is 26.7 Å². The van der Waals surface area contributed by atoms with Gasteiger partial charge in [0.1, 0.15) is 5.56 Å². The third kappa shape index (κ3) is 5.35. The number of hydrogen-bond acceptors (Lipinski definition) is 9. The van der Waals surface area contributed by atoms with Crippen LogP contribution in [0.4, 0.5) is 19.1 Å². The summed E-state index contributed by atoms with van der Waals surface area (Å²) in [5.41, 5.74) is -1.25. The maximum Gasteiger partial charge on any atom is 0.420 e. The number of hydrogen-bond donors (Lipinski definition) is 2. The average molecular weight is 520 g/mol. The van der Waals surface area contributed by atoms with E-state index in [4.69, 9.17) is 5.11 Å². The van der Waals surface area contributed by atoms with Crippen molar-refractivity contribution in [2.75, 3.05) is 25.0 Å². The summed E-state index contributed by atoms with van der Waals surface area (Å²) in [4.78, 5) is 12.5. The van der Waals surface area contributed by atoms with Gasteiger partial charge in [-0.2, -0.15) is 28.8 Å². The molecule has 8 nitrogen and oxygen atoms in total. The maximum absolute atomic E-state index is 13.5. The Bertz CT molecular complexity index is 1190. The lowest BCUT2D eigenvalue weighted by atomic mass is 10.1. The minimum Gasteiger partial charge on any atom is -0.396 e. The molecular weight excluding hydrogens is 499 g/mol. The lowest BCUT2D eigenvalue weighted by Crippen LogP contribution is -2.42. The molecule has 1 aliphatic rings. The lowest BCUT2D eigenvalue weighted by molar-refractivity contribution is -0.137. The molecule has 1 saturated heterocycles. The van der Waals surface area contributed by atoms with Gasteiger partial charge in [-0.1, -0.05) is 0 Å². The number of thiazole rings is 1. The van der Waals surface area contributed by atoms with Gasteiger partial charge in [0, 0.05) is 49.9 Å². The van der Waals surface area contributed by atoms with E-state index in [-0.39, 0.29) is 53.6 Å². The van der Waals surface area contributed by atoms with Crippen molar-refractivity contribution in [2.24, 2.45) is 0 Å². The molecule has 14 heteroatoms. The largest absolute Gasteiger partial charge is 0.420 e. The van der Waals surface area contributed by atoms with Crippen molar-refractivity contribution in [1.82, 2.24) is 19.3 Å². The Hall–Kier alpha value is -2.13. The molecule has 4 rings (SSSR count). The first-order chi connectivity index (χ1) is 15.7. The summed E-state index contributed by atoms with van der Waals surface area (Å²) in [7, 11) is -3.55. The van der Waals surface area contributed by atoms with Crippen LogP contribution in [-0.2, 0) is 22.6 Å². The molecule has 33 heavy (non-hydrogen) atoms. The smallest absolute Gasteiger partial charge is 0.396 e. The number of nitrogens with zero attached hydrogens (tertiary/aromatic N) is 4. The van der Waals surface area contributed by atoms with Gasteiger partial charge in [-0.3, -0.25) is 0 Å². The van der Waals surface area contributed by atoms with E-state index in [1.54, 1.807) is 16.8 Å². The fourth-order valence-corrected chi connectivity index (χ4v) is 6.84. The van der Waals surface area contributed by atoms with Gasteiger partial charge in [0.25, 0.3) is 0 Å². The van der Waals surface area contributed by atoms with Crippen LogP contribution in [0, 0.1) is 0 Å². The van der Waals surface area contributed by atoms with Crippen molar-refractivity contribution in [2.45, 2.75) is 36.4 Å². The van der Waals surface area contributed by atoms with Gasteiger partial charge in [0.15, 0.2) is 0 Å². The topological polar surface area (TPSA) is 108 Å². The van der Waals surface area contributed by atoms with Crippen LogP contribution in [0.25, 0.3) is 10.6 Å². The van der Waals surface area contributed by atoms with E-state index in [1.807, 2.05) is 0 Å². The van der Waals surface area contributed by atoms with Crippen LogP contribution >= 0.6 is 22.7 Å². The number of alkyl halides is 3. The van der Waals surface area contributed by atoms with Crippen LogP contribution in [0.3, 0.4) is 0 Å². The summed E-state index contributed by atoms with van der Waals surface area (Å²) in [5.74, 6) is 0.0363. The molecule has 0 aliphatic carbocycles. The van der Waals surface area contributed by atoms with Gasteiger partial charge in [0.2, 0.25) is 16.0 Å². The van der Waals surface area contributed by atoms with Crippen molar-refractivity contribution in [1.29, 1.82) is 0 Å². The zero-order valence-corrected chi connectivity index (χ0v) is 19.6. The standard InChI is InChI=1S/C19H20F3N5O3S3/c20-19(21,22)14-9-24-18(26-17(14)15-10-23-16(32-15)3-7-28)25-12-1-5-27(6-2-12)33(29,30)13-4-8-31-11-13/h4,8-12,28H,1-3,5-7H2,(H,24,25,26). The van der Waals surface area contributed by atoms with Gasteiger partial charge < -0.3 is 10.4 Å². The monoisotopic (exact) mass is 519 g/mol. The van der Waals surface area contributed by atoms with Crippen molar-refractivity contribution >= 4 is 38.6 Å². The van der Waals surface area contributed by atoms with Crippen LogP contribution in [0.2, 0.25) is 0 Å². The quantitative estimate of drug-likeness (QED) is 0.492. The fraction of sp³-hybridized carbons (Fsp3) is 0.421. The second-order valence-electron chi connectivity index (χ2n) is 7.33. The maximum atomic E-state index is 13.5. The average Bonchev–Trinajstić information content (AvgIpc) is 3.46. The molecule has 3 aromatic rings. The minimum atomic E-state index is -4.64. The lowest BCUT2D eigenvalue weighted by Gasteiger charge is -2.31. The Balaban J connectivity index is 1.50. The first-order valence-corrected chi connectivity index (χ1v) is 13.2. The molecule has 3 aromatic heterocycles. The van der Waals surface area contributed by atoms with Crippen LogP contribution in [0.5, 0.6) is 0 Å². The molecule has 0 amide bonds. The summed E-state index contributed by atoms with van der Waals surface area (Å²) in [5, 5.41) is 15.9. The Morgan fingerprint density at radius 3 is 2.61 bits per heavy atom. The molecule has 0 saturated carbocycles. The number of anilines is 1. The summed E-state index contributed by atoms with van der Waals surface area (Å²) in [6.07, 6.45) is -1.42. The van der Waals surface area contributed by atoms with E-state index in [0.29, 0.717) is 17.8 Å². The van der Waals surface area contributed by atoms with E-state index in [0.717, 1.165) is 17.5 Å². The molecule has 1 aliphatic heterocycles. The second-order valence-corrected chi connectivity index (χ2v) is 11.2. The van der Waals surface area contributed by atoms with Crippen molar-refractivity contribution in [3.63, 3.8) is 0 Å². The predicted octanol–water partition coefficient (Wildman–Crippen LogP) is 3.48. The van der Waals surface area contributed by atoms with Crippen molar-refractivity contribution in [3.8, 4) is 10.6 Å². The van der Waals surface area contributed by atoms with Crippen LogP contribution < -0.4 is 5.32 Å². The minimum absolute atomic E-state index is 0.0363. The molecule has 0 spiro atoms. The molecule has 4 heterocycles. The SMILES string of the molecule is O=S(=O)(c1ccsc1)N1CCC(Nc2ncc(C(F)(F)F)c(-c3cnc(CCO)s3)n2)CC1. The number of rotatable bonds is 7. The van der Waals surface area contributed by atoms with Crippen LogP contribution in [0.1, 0.15) is 23.4 Å². The zero-order valence-electron chi connectivity index (χ0n) is 17.1. The zero-order chi connectivity index (χ0) is 23.6. The van der Waals surface area contributed by atoms with Gasteiger partial charge in [0.05, 0.1) is 20.5 Å². The molecular formula is C19H20F3N5O3S3. The van der Waals surface area contributed by atoms with E-state index in [1.165, 1.54) is 21.8 Å².